The minimum absolute atomic E-state index is 0.109. The molecule has 0 saturated heterocycles. The van der Waals surface area contributed by atoms with Crippen molar-refractivity contribution in [3.63, 3.8) is 0 Å². The third-order valence-electron chi connectivity index (χ3n) is 3.56. The number of hydrazone groups is 1. The molecule has 0 spiro atoms. The first-order valence-electron chi connectivity index (χ1n) is 7.47. The van der Waals surface area contributed by atoms with E-state index in [0.29, 0.717) is 16.4 Å². The molecule has 0 radical (unpaired) electrons. The molecule has 126 valence electrons. The number of carbonyl (C=O) groups is 1. The number of aromatic carboxylic acids is 1. The van der Waals surface area contributed by atoms with Crippen molar-refractivity contribution in [3.05, 3.63) is 76.6 Å². The molecule has 0 amide bonds. The molecule has 25 heavy (non-hydrogen) atoms. The Bertz CT molecular complexity index is 918. The van der Waals surface area contributed by atoms with E-state index in [-0.39, 0.29) is 5.56 Å². The Morgan fingerprint density at radius 2 is 1.88 bits per heavy atom. The average Bonchev–Trinajstić information content (AvgIpc) is 2.91. The van der Waals surface area contributed by atoms with Gasteiger partial charge in [0.25, 0.3) is 0 Å². The fourth-order valence-corrected chi connectivity index (χ4v) is 2.57. The highest BCUT2D eigenvalue weighted by atomic mass is 35.5. The van der Waals surface area contributed by atoms with Crippen molar-refractivity contribution < 1.29 is 9.90 Å². The first-order valence-corrected chi connectivity index (χ1v) is 7.85. The molecule has 3 aromatic rings. The topological polar surface area (TPSA) is 82.3 Å². The van der Waals surface area contributed by atoms with Crippen LogP contribution in [0.4, 0.5) is 5.69 Å². The zero-order valence-electron chi connectivity index (χ0n) is 13.3. The van der Waals surface area contributed by atoms with Gasteiger partial charge in [-0.2, -0.15) is 10.2 Å². The van der Waals surface area contributed by atoms with Crippen molar-refractivity contribution in [2.75, 3.05) is 5.43 Å². The van der Waals surface area contributed by atoms with Gasteiger partial charge >= 0.3 is 0 Å². The molecule has 0 atom stereocenters. The largest absolute Gasteiger partial charge is 0.545 e. The van der Waals surface area contributed by atoms with Crippen LogP contribution in [0.1, 0.15) is 21.6 Å². The van der Waals surface area contributed by atoms with Crippen molar-refractivity contribution >= 4 is 29.5 Å². The summed E-state index contributed by atoms with van der Waals surface area (Å²) >= 11 is 6.41. The van der Waals surface area contributed by atoms with E-state index in [1.54, 1.807) is 23.0 Å². The highest BCUT2D eigenvalue weighted by Crippen LogP contribution is 2.22. The lowest BCUT2D eigenvalue weighted by molar-refractivity contribution is -0.255. The molecule has 1 heterocycles. The lowest BCUT2D eigenvalue weighted by Gasteiger charge is -2.04. The predicted molar refractivity (Wildman–Crippen MR) is 95.3 cm³/mol. The van der Waals surface area contributed by atoms with E-state index in [4.69, 9.17) is 11.6 Å². The van der Waals surface area contributed by atoms with E-state index >= 15 is 0 Å². The second-order valence-corrected chi connectivity index (χ2v) is 5.63. The molecular weight excluding hydrogens is 340 g/mol. The van der Waals surface area contributed by atoms with Crippen molar-refractivity contribution in [2.45, 2.75) is 6.92 Å². The predicted octanol–water partition coefficient (Wildman–Crippen LogP) is 2.64. The molecular formula is C18H14ClN4O2-. The molecule has 1 aromatic heterocycles. The summed E-state index contributed by atoms with van der Waals surface area (Å²) in [5.74, 6) is -1.22. The van der Waals surface area contributed by atoms with Crippen LogP contribution in [0.5, 0.6) is 0 Å². The molecule has 0 unspecified atom stereocenters. The number of nitrogens with zero attached hydrogens (tertiary/aromatic N) is 3. The average molecular weight is 354 g/mol. The Morgan fingerprint density at radius 1 is 1.20 bits per heavy atom. The van der Waals surface area contributed by atoms with E-state index in [0.717, 1.165) is 11.4 Å². The molecule has 0 aliphatic heterocycles. The van der Waals surface area contributed by atoms with E-state index in [2.05, 4.69) is 15.6 Å². The zero-order chi connectivity index (χ0) is 17.8. The number of nitrogens with one attached hydrogen (secondary N) is 1. The first kappa shape index (κ1) is 16.7. The summed E-state index contributed by atoms with van der Waals surface area (Å²) in [7, 11) is 0. The van der Waals surface area contributed by atoms with E-state index in [9.17, 15) is 9.90 Å². The minimum Gasteiger partial charge on any atom is -0.545 e. The summed E-state index contributed by atoms with van der Waals surface area (Å²) < 4.78 is 1.65. The van der Waals surface area contributed by atoms with Crippen LogP contribution in [0.2, 0.25) is 5.15 Å². The van der Waals surface area contributed by atoms with Gasteiger partial charge in [0, 0.05) is 0 Å². The SMILES string of the molecule is Cc1nn(-c2ccccc2)c(Cl)c1/C=N\Nc1ccc(C(=O)[O-])cc1. The number of carboxylic acids is 1. The quantitative estimate of drug-likeness (QED) is 0.564. The number of benzene rings is 2. The Hall–Kier alpha value is -3.12. The van der Waals surface area contributed by atoms with E-state index in [1.807, 2.05) is 37.3 Å². The second-order valence-electron chi connectivity index (χ2n) is 5.27. The minimum atomic E-state index is -1.22. The van der Waals surface area contributed by atoms with Gasteiger partial charge in [0.2, 0.25) is 0 Å². The van der Waals surface area contributed by atoms with E-state index < -0.39 is 5.97 Å². The van der Waals surface area contributed by atoms with Gasteiger partial charge < -0.3 is 9.90 Å². The normalized spacial score (nSPS) is 11.0. The molecule has 3 rings (SSSR count). The first-order chi connectivity index (χ1) is 12.1. The molecule has 2 aromatic carbocycles. The number of carbonyl (C=O) groups excluding carboxylic acids is 1. The number of halogens is 1. The van der Waals surface area contributed by atoms with Gasteiger partial charge in [0.1, 0.15) is 5.15 Å². The molecule has 0 aliphatic rings. The van der Waals surface area contributed by atoms with Crippen LogP contribution in [-0.4, -0.2) is 22.0 Å². The summed E-state index contributed by atoms with van der Waals surface area (Å²) in [4.78, 5) is 10.7. The maximum absolute atomic E-state index is 10.7. The third-order valence-corrected chi connectivity index (χ3v) is 3.92. The molecule has 0 bridgehead atoms. The lowest BCUT2D eigenvalue weighted by Crippen LogP contribution is -2.21. The fourth-order valence-electron chi connectivity index (χ4n) is 2.25. The molecule has 6 nitrogen and oxygen atoms in total. The Balaban J connectivity index is 1.78. The lowest BCUT2D eigenvalue weighted by atomic mass is 10.2. The molecule has 7 heteroatoms. The van der Waals surface area contributed by atoms with Gasteiger partial charge in [-0.3, -0.25) is 5.43 Å². The summed E-state index contributed by atoms with van der Waals surface area (Å²) in [5, 5.41) is 19.8. The number of aromatic nitrogens is 2. The van der Waals surface area contributed by atoms with Crippen LogP contribution in [0.15, 0.2) is 59.7 Å². The molecule has 1 N–H and O–H groups in total. The fraction of sp³-hybridized carbons (Fsp3) is 0.0556. The number of rotatable bonds is 5. The smallest absolute Gasteiger partial charge is 0.142 e. The number of hydrogen-bond donors (Lipinski definition) is 1. The number of hydrogen-bond acceptors (Lipinski definition) is 5. The van der Waals surface area contributed by atoms with Crippen LogP contribution in [0, 0.1) is 6.92 Å². The van der Waals surface area contributed by atoms with Gasteiger partial charge in [0.05, 0.1) is 34.8 Å². The summed E-state index contributed by atoms with van der Waals surface area (Å²) in [6.45, 7) is 1.85. The maximum atomic E-state index is 10.7. The van der Waals surface area contributed by atoms with Gasteiger partial charge in [-0.15, -0.1) is 0 Å². The number of aryl methyl sites for hydroxylation is 1. The Kier molecular flexibility index (Phi) is 4.81. The van der Waals surface area contributed by atoms with Crippen LogP contribution in [0.3, 0.4) is 0 Å². The molecule has 0 fully saturated rings. The van der Waals surface area contributed by atoms with Crippen LogP contribution < -0.4 is 10.5 Å². The van der Waals surface area contributed by atoms with Gasteiger partial charge in [0.15, 0.2) is 0 Å². The number of para-hydroxylation sites is 1. The highest BCUT2D eigenvalue weighted by Gasteiger charge is 2.12. The van der Waals surface area contributed by atoms with Crippen molar-refractivity contribution in [2.24, 2.45) is 5.10 Å². The number of carboxylic acid groups (broad SMARTS) is 1. The van der Waals surface area contributed by atoms with Crippen molar-refractivity contribution in [1.82, 2.24) is 9.78 Å². The van der Waals surface area contributed by atoms with Crippen LogP contribution in [-0.2, 0) is 0 Å². The Labute approximate surface area is 149 Å². The summed E-state index contributed by atoms with van der Waals surface area (Å²) in [6, 6.07) is 15.7. The zero-order valence-corrected chi connectivity index (χ0v) is 14.1. The summed E-state index contributed by atoms with van der Waals surface area (Å²) in [5.41, 5.74) is 5.88. The molecule has 0 saturated carbocycles. The second kappa shape index (κ2) is 7.19. The van der Waals surface area contributed by atoms with Crippen LogP contribution in [0.25, 0.3) is 5.69 Å². The van der Waals surface area contributed by atoms with E-state index in [1.165, 1.54) is 12.1 Å². The monoisotopic (exact) mass is 353 g/mol. The van der Waals surface area contributed by atoms with Crippen molar-refractivity contribution in [1.29, 1.82) is 0 Å². The number of anilines is 1. The van der Waals surface area contributed by atoms with Gasteiger partial charge in [-0.1, -0.05) is 41.9 Å². The standard InChI is InChI=1S/C18H15ClN4O2/c1-12-16(17(19)23(22-12)15-5-3-2-4-6-15)11-20-21-14-9-7-13(8-10-14)18(24)25/h2-11,21H,1H3,(H,24,25)/p-1/b20-11-. The van der Waals surface area contributed by atoms with Gasteiger partial charge in [-0.05, 0) is 36.8 Å². The van der Waals surface area contributed by atoms with Crippen molar-refractivity contribution in [3.8, 4) is 5.69 Å². The molecule has 0 aliphatic carbocycles. The Morgan fingerprint density at radius 3 is 2.52 bits per heavy atom. The highest BCUT2D eigenvalue weighted by molar-refractivity contribution is 6.32. The summed E-state index contributed by atoms with van der Waals surface area (Å²) in [6.07, 6.45) is 1.58. The third kappa shape index (κ3) is 3.70. The van der Waals surface area contributed by atoms with Crippen LogP contribution >= 0.6 is 11.6 Å². The maximum Gasteiger partial charge on any atom is 0.142 e. The van der Waals surface area contributed by atoms with Gasteiger partial charge in [-0.25, -0.2) is 4.68 Å².